The topological polar surface area (TPSA) is 36.4 Å². The number of hydrogen-bond donors (Lipinski definition) is 0. The summed E-state index contributed by atoms with van der Waals surface area (Å²) in [5.74, 6) is 0.0251. The number of benzene rings is 2. The minimum absolute atomic E-state index is 0.0251. The van der Waals surface area contributed by atoms with Gasteiger partial charge in [-0.1, -0.05) is 60.2 Å². The Labute approximate surface area is 174 Å². The zero-order valence-electron chi connectivity index (χ0n) is 15.8. The van der Waals surface area contributed by atoms with E-state index in [0.29, 0.717) is 18.1 Å². The molecule has 4 rings (SSSR count). The molecule has 1 fully saturated rings. The average molecular weight is 412 g/mol. The molecular weight excluding hydrogens is 390 g/mol. The maximum absolute atomic E-state index is 12.5. The summed E-state index contributed by atoms with van der Waals surface area (Å²) in [5.41, 5.74) is 3.27. The molecule has 0 spiro atoms. The SMILES string of the molecule is CCc1cccc2sc(N3CCN(C(=O)/C=C/c4ccccc4Cl)CC3)nc12. The first kappa shape index (κ1) is 19.0. The van der Waals surface area contributed by atoms with Gasteiger partial charge >= 0.3 is 0 Å². The van der Waals surface area contributed by atoms with Crippen molar-refractivity contribution in [1.82, 2.24) is 9.88 Å². The van der Waals surface area contributed by atoms with Gasteiger partial charge in [0.15, 0.2) is 5.13 Å². The summed E-state index contributed by atoms with van der Waals surface area (Å²) < 4.78 is 1.23. The highest BCUT2D eigenvalue weighted by Gasteiger charge is 2.22. The number of para-hydroxylation sites is 1. The number of aryl methyl sites for hydroxylation is 1. The number of fused-ring (bicyclic) bond motifs is 1. The molecule has 1 aliphatic rings. The molecule has 1 aliphatic heterocycles. The first-order valence-corrected chi connectivity index (χ1v) is 10.7. The van der Waals surface area contributed by atoms with Crippen LogP contribution >= 0.6 is 22.9 Å². The lowest BCUT2D eigenvalue weighted by Gasteiger charge is -2.34. The van der Waals surface area contributed by atoms with Crippen LogP contribution in [0.15, 0.2) is 48.5 Å². The number of rotatable bonds is 4. The molecule has 0 N–H and O–H groups in total. The van der Waals surface area contributed by atoms with Crippen LogP contribution in [-0.2, 0) is 11.2 Å². The number of piperazine rings is 1. The van der Waals surface area contributed by atoms with Crippen LogP contribution in [0.3, 0.4) is 0 Å². The number of carbonyl (C=O) groups is 1. The second-order valence-electron chi connectivity index (χ2n) is 6.78. The van der Waals surface area contributed by atoms with Crippen molar-refractivity contribution in [3.63, 3.8) is 0 Å². The zero-order chi connectivity index (χ0) is 19.5. The first-order chi connectivity index (χ1) is 13.7. The Bertz CT molecular complexity index is 1020. The molecule has 4 nitrogen and oxygen atoms in total. The van der Waals surface area contributed by atoms with Crippen molar-refractivity contribution in [2.24, 2.45) is 0 Å². The van der Waals surface area contributed by atoms with Crippen LogP contribution < -0.4 is 4.90 Å². The van der Waals surface area contributed by atoms with Gasteiger partial charge in [0.05, 0.1) is 10.2 Å². The second-order valence-corrected chi connectivity index (χ2v) is 8.20. The first-order valence-electron chi connectivity index (χ1n) is 9.50. The fourth-order valence-electron chi connectivity index (χ4n) is 3.41. The number of carbonyl (C=O) groups excluding carboxylic acids is 1. The minimum atomic E-state index is 0.0251. The molecule has 0 radical (unpaired) electrons. The van der Waals surface area contributed by atoms with Crippen molar-refractivity contribution in [2.75, 3.05) is 31.1 Å². The van der Waals surface area contributed by atoms with Crippen LogP contribution in [0.5, 0.6) is 0 Å². The Morgan fingerprint density at radius 3 is 2.68 bits per heavy atom. The summed E-state index contributed by atoms with van der Waals surface area (Å²) in [6, 6.07) is 13.9. The maximum Gasteiger partial charge on any atom is 0.246 e. The largest absolute Gasteiger partial charge is 0.345 e. The zero-order valence-corrected chi connectivity index (χ0v) is 17.3. The highest BCUT2D eigenvalue weighted by Crippen LogP contribution is 2.31. The van der Waals surface area contributed by atoms with Crippen molar-refractivity contribution in [2.45, 2.75) is 13.3 Å². The summed E-state index contributed by atoms with van der Waals surface area (Å²) in [5, 5.41) is 1.70. The van der Waals surface area contributed by atoms with E-state index in [1.807, 2.05) is 29.2 Å². The van der Waals surface area contributed by atoms with Crippen LogP contribution in [0, 0.1) is 0 Å². The van der Waals surface area contributed by atoms with Gasteiger partial charge in [0.2, 0.25) is 5.91 Å². The Kier molecular flexibility index (Phi) is 5.64. The summed E-state index contributed by atoms with van der Waals surface area (Å²) in [6.07, 6.45) is 4.39. The van der Waals surface area contributed by atoms with Gasteiger partial charge in [0.1, 0.15) is 0 Å². The lowest BCUT2D eigenvalue weighted by molar-refractivity contribution is -0.126. The van der Waals surface area contributed by atoms with E-state index < -0.39 is 0 Å². The molecule has 1 amide bonds. The van der Waals surface area contributed by atoms with Crippen LogP contribution in [0.1, 0.15) is 18.1 Å². The molecule has 6 heteroatoms. The molecule has 0 atom stereocenters. The number of nitrogens with zero attached hydrogens (tertiary/aromatic N) is 3. The van der Waals surface area contributed by atoms with Crippen molar-refractivity contribution >= 4 is 50.3 Å². The Morgan fingerprint density at radius 2 is 1.93 bits per heavy atom. The van der Waals surface area contributed by atoms with Crippen molar-refractivity contribution in [1.29, 1.82) is 0 Å². The number of anilines is 1. The summed E-state index contributed by atoms with van der Waals surface area (Å²) in [7, 11) is 0. The number of amides is 1. The third kappa shape index (κ3) is 3.91. The van der Waals surface area contributed by atoms with Gasteiger partial charge in [0, 0.05) is 37.3 Å². The van der Waals surface area contributed by atoms with E-state index in [0.717, 1.165) is 35.7 Å². The van der Waals surface area contributed by atoms with E-state index in [2.05, 4.69) is 30.0 Å². The molecule has 2 aromatic carbocycles. The maximum atomic E-state index is 12.5. The van der Waals surface area contributed by atoms with Crippen molar-refractivity contribution in [3.8, 4) is 0 Å². The van der Waals surface area contributed by atoms with Crippen molar-refractivity contribution < 1.29 is 4.79 Å². The monoisotopic (exact) mass is 411 g/mol. The van der Waals surface area contributed by atoms with Gasteiger partial charge in [-0.15, -0.1) is 0 Å². The van der Waals surface area contributed by atoms with Crippen LogP contribution in [0.2, 0.25) is 5.02 Å². The quantitative estimate of drug-likeness (QED) is 0.574. The molecule has 0 bridgehead atoms. The Balaban J connectivity index is 1.40. The second kappa shape index (κ2) is 8.33. The minimum Gasteiger partial charge on any atom is -0.345 e. The molecule has 0 aliphatic carbocycles. The molecular formula is C22H22ClN3OS. The van der Waals surface area contributed by atoms with Gasteiger partial charge in [0.25, 0.3) is 0 Å². The van der Waals surface area contributed by atoms with E-state index in [9.17, 15) is 4.79 Å². The Morgan fingerprint density at radius 1 is 1.14 bits per heavy atom. The molecule has 1 aromatic heterocycles. The number of hydrogen-bond acceptors (Lipinski definition) is 4. The van der Waals surface area contributed by atoms with Gasteiger partial charge in [-0.05, 0) is 35.8 Å². The molecule has 0 saturated carbocycles. The lowest BCUT2D eigenvalue weighted by atomic mass is 10.1. The molecule has 3 aromatic rings. The predicted octanol–water partition coefficient (Wildman–Crippen LogP) is 4.87. The summed E-state index contributed by atoms with van der Waals surface area (Å²) >= 11 is 7.88. The van der Waals surface area contributed by atoms with Gasteiger partial charge in [-0.3, -0.25) is 4.79 Å². The molecule has 2 heterocycles. The number of halogens is 1. The average Bonchev–Trinajstić information content (AvgIpc) is 3.17. The van der Waals surface area contributed by atoms with Crippen LogP contribution in [0.25, 0.3) is 16.3 Å². The van der Waals surface area contributed by atoms with E-state index >= 15 is 0 Å². The van der Waals surface area contributed by atoms with Crippen LogP contribution in [-0.4, -0.2) is 42.0 Å². The molecule has 28 heavy (non-hydrogen) atoms. The van der Waals surface area contributed by atoms with Gasteiger partial charge < -0.3 is 9.80 Å². The predicted molar refractivity (Wildman–Crippen MR) is 118 cm³/mol. The third-order valence-electron chi connectivity index (χ3n) is 5.04. The van der Waals surface area contributed by atoms with Gasteiger partial charge in [-0.25, -0.2) is 4.98 Å². The normalized spacial score (nSPS) is 14.9. The van der Waals surface area contributed by atoms with Crippen LogP contribution in [0.4, 0.5) is 5.13 Å². The van der Waals surface area contributed by atoms with Crippen molar-refractivity contribution in [3.05, 3.63) is 64.7 Å². The number of aromatic nitrogens is 1. The third-order valence-corrected chi connectivity index (χ3v) is 6.47. The fraction of sp³-hybridized carbons (Fsp3) is 0.273. The lowest BCUT2D eigenvalue weighted by Crippen LogP contribution is -2.48. The van der Waals surface area contributed by atoms with E-state index in [4.69, 9.17) is 16.6 Å². The highest BCUT2D eigenvalue weighted by molar-refractivity contribution is 7.22. The molecule has 144 valence electrons. The summed E-state index contributed by atoms with van der Waals surface area (Å²) in [4.78, 5) is 21.6. The fourth-order valence-corrected chi connectivity index (χ4v) is 4.67. The summed E-state index contributed by atoms with van der Waals surface area (Å²) in [6.45, 7) is 5.15. The standard InChI is InChI=1S/C22H22ClN3OS/c1-2-16-7-5-9-19-21(16)24-22(28-19)26-14-12-25(13-15-26)20(27)11-10-17-6-3-4-8-18(17)23/h3-11H,2,12-15H2,1H3/b11-10+. The van der Waals surface area contributed by atoms with E-state index in [1.165, 1.54) is 10.3 Å². The highest BCUT2D eigenvalue weighted by atomic mass is 35.5. The number of thiazole rings is 1. The van der Waals surface area contributed by atoms with Gasteiger partial charge in [-0.2, -0.15) is 0 Å². The molecule has 0 unspecified atom stereocenters. The smallest absolute Gasteiger partial charge is 0.246 e. The van der Waals surface area contributed by atoms with E-state index in [1.54, 1.807) is 23.5 Å². The Hall–Kier alpha value is -2.37. The molecule has 1 saturated heterocycles. The van der Waals surface area contributed by atoms with E-state index in [-0.39, 0.29) is 5.91 Å².